The van der Waals surface area contributed by atoms with E-state index >= 15 is 0 Å². The van der Waals surface area contributed by atoms with Gasteiger partial charge in [-0.2, -0.15) is 0 Å². The Hall–Kier alpha value is -1.06. The third-order valence-corrected chi connectivity index (χ3v) is 4.11. The van der Waals surface area contributed by atoms with Crippen molar-refractivity contribution in [3.8, 4) is 5.75 Å². The van der Waals surface area contributed by atoms with Gasteiger partial charge in [0, 0.05) is 12.1 Å². The Bertz CT molecular complexity index is 503. The Morgan fingerprint density at radius 3 is 2.24 bits per heavy atom. The predicted molar refractivity (Wildman–Crippen MR) is 87.1 cm³/mol. The van der Waals surface area contributed by atoms with Crippen LogP contribution in [0.4, 0.5) is 0 Å². The Morgan fingerprint density at radius 2 is 1.76 bits per heavy atom. The second-order valence-corrected chi connectivity index (χ2v) is 8.04. The summed E-state index contributed by atoms with van der Waals surface area (Å²) in [6.07, 6.45) is 0. The van der Waals surface area contributed by atoms with Crippen LogP contribution in [0.3, 0.4) is 0 Å². The second-order valence-electron chi connectivity index (χ2n) is 8.04. The molecule has 0 radical (unpaired) electrons. The molecule has 1 aromatic carbocycles. The Kier molecular flexibility index (Phi) is 4.36. The number of phenols is 1. The molecule has 3 nitrogen and oxygen atoms in total. The molecule has 0 amide bonds. The highest BCUT2D eigenvalue weighted by Crippen LogP contribution is 2.40. The average Bonchev–Trinajstić information content (AvgIpc) is 2.37. The summed E-state index contributed by atoms with van der Waals surface area (Å²) in [7, 11) is 0. The largest absolute Gasteiger partial charge is 0.507 e. The predicted octanol–water partition coefficient (Wildman–Crippen LogP) is 3.65. The van der Waals surface area contributed by atoms with Crippen LogP contribution in [0.25, 0.3) is 0 Å². The molecule has 0 saturated carbocycles. The minimum Gasteiger partial charge on any atom is -0.507 e. The van der Waals surface area contributed by atoms with Crippen molar-refractivity contribution < 1.29 is 9.84 Å². The minimum atomic E-state index is -0.0877. The molecule has 2 N–H and O–H groups in total. The van der Waals surface area contributed by atoms with Gasteiger partial charge in [-0.05, 0) is 28.0 Å². The van der Waals surface area contributed by atoms with Gasteiger partial charge >= 0.3 is 0 Å². The fourth-order valence-corrected chi connectivity index (χ4v) is 2.69. The van der Waals surface area contributed by atoms with Crippen molar-refractivity contribution in [2.24, 2.45) is 0 Å². The number of hydrogen-bond donors (Lipinski definition) is 2. The molecule has 0 unspecified atom stereocenters. The molecule has 1 aromatic rings. The van der Waals surface area contributed by atoms with E-state index in [1.54, 1.807) is 0 Å². The van der Waals surface area contributed by atoms with Gasteiger partial charge in [0.2, 0.25) is 0 Å². The van der Waals surface area contributed by atoms with Crippen LogP contribution in [0.15, 0.2) is 12.1 Å². The van der Waals surface area contributed by atoms with E-state index in [2.05, 4.69) is 59.0 Å². The summed E-state index contributed by atoms with van der Waals surface area (Å²) in [5.74, 6) is 0.415. The number of rotatable bonds is 1. The van der Waals surface area contributed by atoms with Crippen molar-refractivity contribution in [2.75, 3.05) is 19.8 Å². The summed E-state index contributed by atoms with van der Waals surface area (Å²) >= 11 is 0. The molecular weight excluding hydrogens is 262 g/mol. The molecule has 0 spiro atoms. The molecule has 2 rings (SSSR count). The molecule has 1 fully saturated rings. The van der Waals surface area contributed by atoms with Crippen molar-refractivity contribution in [1.29, 1.82) is 0 Å². The third-order valence-electron chi connectivity index (χ3n) is 4.11. The van der Waals surface area contributed by atoms with Crippen LogP contribution >= 0.6 is 0 Å². The average molecular weight is 291 g/mol. The van der Waals surface area contributed by atoms with Crippen LogP contribution in [0.1, 0.15) is 64.3 Å². The van der Waals surface area contributed by atoms with Crippen LogP contribution in [0.2, 0.25) is 0 Å². The van der Waals surface area contributed by atoms with E-state index in [0.29, 0.717) is 12.4 Å². The quantitative estimate of drug-likeness (QED) is 0.830. The first-order chi connectivity index (χ1) is 9.60. The fourth-order valence-electron chi connectivity index (χ4n) is 2.69. The van der Waals surface area contributed by atoms with E-state index in [-0.39, 0.29) is 16.9 Å². The number of hydrogen-bond acceptors (Lipinski definition) is 3. The maximum absolute atomic E-state index is 10.8. The smallest absolute Gasteiger partial charge is 0.124 e. The van der Waals surface area contributed by atoms with Crippen molar-refractivity contribution in [1.82, 2.24) is 5.32 Å². The Balaban J connectivity index is 2.57. The number of benzene rings is 1. The van der Waals surface area contributed by atoms with E-state index in [1.807, 2.05) is 0 Å². The summed E-state index contributed by atoms with van der Waals surface area (Å²) in [6.45, 7) is 15.2. The molecule has 21 heavy (non-hydrogen) atoms. The van der Waals surface area contributed by atoms with Gasteiger partial charge < -0.3 is 15.2 Å². The summed E-state index contributed by atoms with van der Waals surface area (Å²) in [6, 6.07) is 4.36. The van der Waals surface area contributed by atoms with Gasteiger partial charge in [-0.3, -0.25) is 0 Å². The molecule has 3 heteroatoms. The zero-order chi connectivity index (χ0) is 15.8. The molecule has 1 heterocycles. The van der Waals surface area contributed by atoms with Crippen molar-refractivity contribution in [2.45, 2.75) is 58.4 Å². The molecule has 1 saturated heterocycles. The van der Waals surface area contributed by atoms with Gasteiger partial charge in [0.1, 0.15) is 5.75 Å². The number of phenolic OH excluding ortho intramolecular Hbond substituents is 1. The zero-order valence-electron chi connectivity index (χ0n) is 14.2. The number of morpholine rings is 1. The molecule has 0 aromatic heterocycles. The van der Waals surface area contributed by atoms with Gasteiger partial charge in [-0.15, -0.1) is 0 Å². The molecular formula is C18H29NO2. The molecule has 0 bridgehead atoms. The van der Waals surface area contributed by atoms with Crippen LogP contribution in [0, 0.1) is 0 Å². The van der Waals surface area contributed by atoms with Crippen LogP contribution in [0.5, 0.6) is 5.75 Å². The van der Waals surface area contributed by atoms with E-state index < -0.39 is 0 Å². The van der Waals surface area contributed by atoms with Gasteiger partial charge in [0.25, 0.3) is 0 Å². The maximum Gasteiger partial charge on any atom is 0.124 e. The topological polar surface area (TPSA) is 41.5 Å². The Morgan fingerprint density at radius 1 is 1.10 bits per heavy atom. The third kappa shape index (κ3) is 3.58. The summed E-state index contributed by atoms with van der Waals surface area (Å²) in [5, 5.41) is 14.2. The summed E-state index contributed by atoms with van der Waals surface area (Å²) in [5.41, 5.74) is 3.20. The first kappa shape index (κ1) is 16.3. The molecule has 1 aliphatic heterocycles. The number of ether oxygens (including phenoxy) is 1. The van der Waals surface area contributed by atoms with Crippen molar-refractivity contribution in [3.05, 3.63) is 28.8 Å². The first-order valence-electron chi connectivity index (χ1n) is 7.79. The van der Waals surface area contributed by atoms with Gasteiger partial charge in [-0.1, -0.05) is 47.6 Å². The lowest BCUT2D eigenvalue weighted by Crippen LogP contribution is -2.35. The molecule has 118 valence electrons. The lowest BCUT2D eigenvalue weighted by molar-refractivity contribution is 0.0759. The lowest BCUT2D eigenvalue weighted by atomic mass is 9.78. The summed E-state index contributed by atoms with van der Waals surface area (Å²) < 4.78 is 5.57. The monoisotopic (exact) mass is 291 g/mol. The Labute approximate surface area is 128 Å². The first-order valence-corrected chi connectivity index (χ1v) is 7.79. The van der Waals surface area contributed by atoms with Crippen molar-refractivity contribution in [3.63, 3.8) is 0 Å². The van der Waals surface area contributed by atoms with E-state index in [4.69, 9.17) is 4.74 Å². The van der Waals surface area contributed by atoms with E-state index in [9.17, 15) is 5.11 Å². The van der Waals surface area contributed by atoms with Crippen LogP contribution < -0.4 is 5.32 Å². The molecule has 1 atom stereocenters. The fraction of sp³-hybridized carbons (Fsp3) is 0.667. The maximum atomic E-state index is 10.8. The lowest BCUT2D eigenvalue weighted by Gasteiger charge is -2.31. The van der Waals surface area contributed by atoms with Crippen LogP contribution in [-0.4, -0.2) is 24.9 Å². The highest BCUT2D eigenvalue weighted by atomic mass is 16.5. The SMILES string of the molecule is CC(C)(C)c1cc([C@H]2COCCN2)c(O)c(C(C)(C)C)c1. The highest BCUT2D eigenvalue weighted by Gasteiger charge is 2.28. The van der Waals surface area contributed by atoms with Gasteiger partial charge in [-0.25, -0.2) is 0 Å². The van der Waals surface area contributed by atoms with E-state index in [0.717, 1.165) is 24.3 Å². The van der Waals surface area contributed by atoms with Crippen LogP contribution in [-0.2, 0) is 15.6 Å². The van der Waals surface area contributed by atoms with E-state index in [1.165, 1.54) is 5.56 Å². The number of nitrogens with one attached hydrogen (secondary N) is 1. The standard InChI is InChI=1S/C18H29NO2/c1-17(2,3)12-9-13(15-11-21-8-7-19-15)16(20)14(10-12)18(4,5)6/h9-10,15,19-20H,7-8,11H2,1-6H3/t15-/m1/s1. The number of aromatic hydroxyl groups is 1. The molecule has 1 aliphatic rings. The minimum absolute atomic E-state index is 0.0535. The van der Waals surface area contributed by atoms with Crippen molar-refractivity contribution >= 4 is 0 Å². The summed E-state index contributed by atoms with van der Waals surface area (Å²) in [4.78, 5) is 0. The highest BCUT2D eigenvalue weighted by molar-refractivity contribution is 5.50. The van der Waals surface area contributed by atoms with Gasteiger partial charge in [0.15, 0.2) is 0 Å². The molecule has 0 aliphatic carbocycles. The normalized spacial score (nSPS) is 20.6. The second kappa shape index (κ2) is 5.62. The zero-order valence-corrected chi connectivity index (χ0v) is 14.2. The van der Waals surface area contributed by atoms with Gasteiger partial charge in [0.05, 0.1) is 19.3 Å².